The molecule has 2 saturated heterocycles. The Morgan fingerprint density at radius 1 is 1.27 bits per heavy atom. The Balaban J connectivity index is 1.85. The van der Waals surface area contributed by atoms with Gasteiger partial charge in [0, 0.05) is 12.6 Å². The Bertz CT molecular complexity index is 134. The minimum atomic E-state index is -0.0967. The second kappa shape index (κ2) is 3.09. The van der Waals surface area contributed by atoms with Crippen LogP contribution in [0.2, 0.25) is 0 Å². The fraction of sp³-hybridized carbons (Fsp3) is 1.00. The summed E-state index contributed by atoms with van der Waals surface area (Å²) in [6.07, 6.45) is 2.12. The van der Waals surface area contributed by atoms with Crippen molar-refractivity contribution in [3.05, 3.63) is 0 Å². The summed E-state index contributed by atoms with van der Waals surface area (Å²) in [5.41, 5.74) is 0. The first-order valence-electron chi connectivity index (χ1n) is 4.48. The van der Waals surface area contributed by atoms with Gasteiger partial charge in [-0.15, -0.1) is 0 Å². The van der Waals surface area contributed by atoms with Crippen LogP contribution < -0.4 is 10.6 Å². The van der Waals surface area contributed by atoms with E-state index >= 15 is 0 Å². The van der Waals surface area contributed by atoms with Crippen LogP contribution >= 0.6 is 0 Å². The summed E-state index contributed by atoms with van der Waals surface area (Å²) >= 11 is 0. The molecule has 2 rings (SSSR count). The Hall–Kier alpha value is -0.120. The number of hydrogen-bond acceptors (Lipinski definition) is 3. The number of nitrogens with one attached hydrogen (secondary N) is 2. The molecular weight excluding hydrogens is 140 g/mol. The van der Waals surface area contributed by atoms with Crippen molar-refractivity contribution < 1.29 is 5.11 Å². The predicted octanol–water partition coefficient (Wildman–Crippen LogP) is -0.681. The van der Waals surface area contributed by atoms with Gasteiger partial charge >= 0.3 is 0 Å². The zero-order valence-electron chi connectivity index (χ0n) is 6.71. The van der Waals surface area contributed by atoms with Crippen LogP contribution in [0.4, 0.5) is 0 Å². The first-order chi connectivity index (χ1) is 5.36. The average molecular weight is 156 g/mol. The highest BCUT2D eigenvalue weighted by atomic mass is 16.3. The van der Waals surface area contributed by atoms with Crippen molar-refractivity contribution in [3.63, 3.8) is 0 Å². The maximum atomic E-state index is 9.28. The van der Waals surface area contributed by atoms with E-state index in [1.54, 1.807) is 0 Å². The Morgan fingerprint density at radius 2 is 2.18 bits per heavy atom. The lowest BCUT2D eigenvalue weighted by atomic mass is 9.97. The van der Waals surface area contributed by atoms with Gasteiger partial charge in [-0.2, -0.15) is 0 Å². The molecule has 11 heavy (non-hydrogen) atoms. The maximum Gasteiger partial charge on any atom is 0.0679 e. The van der Waals surface area contributed by atoms with Crippen LogP contribution in [0.15, 0.2) is 0 Å². The second-order valence-electron chi connectivity index (χ2n) is 3.66. The predicted molar refractivity (Wildman–Crippen MR) is 43.4 cm³/mol. The van der Waals surface area contributed by atoms with Crippen LogP contribution in [-0.4, -0.2) is 36.9 Å². The molecule has 3 atom stereocenters. The molecule has 0 aliphatic carbocycles. The Kier molecular flexibility index (Phi) is 2.11. The molecule has 3 unspecified atom stereocenters. The van der Waals surface area contributed by atoms with E-state index in [-0.39, 0.29) is 6.10 Å². The lowest BCUT2D eigenvalue weighted by molar-refractivity contribution is 0.190. The summed E-state index contributed by atoms with van der Waals surface area (Å²) in [4.78, 5) is 0. The highest BCUT2D eigenvalue weighted by Gasteiger charge is 2.30. The van der Waals surface area contributed by atoms with Gasteiger partial charge in [0.05, 0.1) is 6.10 Å². The zero-order chi connectivity index (χ0) is 7.68. The molecular formula is C8H16N2O. The van der Waals surface area contributed by atoms with E-state index in [1.165, 1.54) is 6.42 Å². The minimum Gasteiger partial charge on any atom is -0.392 e. The van der Waals surface area contributed by atoms with Crippen molar-refractivity contribution in [2.75, 3.05) is 19.6 Å². The lowest BCUT2D eigenvalue weighted by Crippen LogP contribution is -2.31. The first kappa shape index (κ1) is 7.53. The molecule has 2 heterocycles. The van der Waals surface area contributed by atoms with E-state index in [2.05, 4.69) is 10.6 Å². The zero-order valence-corrected chi connectivity index (χ0v) is 6.71. The molecule has 2 aliphatic rings. The van der Waals surface area contributed by atoms with Gasteiger partial charge in [-0.1, -0.05) is 0 Å². The fourth-order valence-electron chi connectivity index (χ4n) is 2.13. The molecule has 0 aromatic heterocycles. The number of aliphatic hydroxyl groups is 1. The van der Waals surface area contributed by atoms with Crippen molar-refractivity contribution in [2.24, 2.45) is 5.92 Å². The van der Waals surface area contributed by atoms with Gasteiger partial charge in [-0.3, -0.25) is 0 Å². The molecule has 0 aromatic carbocycles. The summed E-state index contributed by atoms with van der Waals surface area (Å²) < 4.78 is 0. The van der Waals surface area contributed by atoms with E-state index in [9.17, 15) is 5.11 Å². The molecule has 3 nitrogen and oxygen atoms in total. The van der Waals surface area contributed by atoms with E-state index in [0.29, 0.717) is 6.04 Å². The van der Waals surface area contributed by atoms with Crippen LogP contribution in [0.3, 0.4) is 0 Å². The Labute approximate surface area is 67.2 Å². The van der Waals surface area contributed by atoms with Gasteiger partial charge in [-0.05, 0) is 31.8 Å². The van der Waals surface area contributed by atoms with Gasteiger partial charge in [0.25, 0.3) is 0 Å². The third-order valence-electron chi connectivity index (χ3n) is 2.81. The number of β-amino-alcohol motifs (C(OH)–C–C–N with tert-alkyl or cyclic N) is 1. The van der Waals surface area contributed by atoms with Gasteiger partial charge in [0.2, 0.25) is 0 Å². The summed E-state index contributed by atoms with van der Waals surface area (Å²) in [5, 5.41) is 16.0. The highest BCUT2D eigenvalue weighted by molar-refractivity contribution is 4.89. The van der Waals surface area contributed by atoms with Gasteiger partial charge in [0.15, 0.2) is 0 Å². The molecule has 3 heteroatoms. The highest BCUT2D eigenvalue weighted by Crippen LogP contribution is 2.20. The quantitative estimate of drug-likeness (QED) is 0.471. The van der Waals surface area contributed by atoms with Crippen molar-refractivity contribution in [1.82, 2.24) is 10.6 Å². The summed E-state index contributed by atoms with van der Waals surface area (Å²) in [6, 6.07) is 0.569. The average Bonchev–Trinajstić information content (AvgIpc) is 2.55. The standard InChI is InChI=1S/C8H16N2O/c11-7-3-8(10-5-7)6-1-2-9-4-6/h6-11H,1-5H2. The van der Waals surface area contributed by atoms with Crippen molar-refractivity contribution in [3.8, 4) is 0 Å². The van der Waals surface area contributed by atoms with Crippen molar-refractivity contribution in [1.29, 1.82) is 0 Å². The van der Waals surface area contributed by atoms with E-state index < -0.39 is 0 Å². The molecule has 0 spiro atoms. The van der Waals surface area contributed by atoms with Crippen molar-refractivity contribution in [2.45, 2.75) is 25.0 Å². The third kappa shape index (κ3) is 1.55. The number of hydrogen-bond donors (Lipinski definition) is 3. The molecule has 2 aliphatic heterocycles. The van der Waals surface area contributed by atoms with Gasteiger partial charge < -0.3 is 15.7 Å². The van der Waals surface area contributed by atoms with E-state index in [4.69, 9.17) is 0 Å². The maximum absolute atomic E-state index is 9.28. The number of rotatable bonds is 1. The molecule has 0 aromatic rings. The summed E-state index contributed by atoms with van der Waals surface area (Å²) in [6.45, 7) is 3.07. The SMILES string of the molecule is OC1CNC(C2CCNC2)C1. The van der Waals surface area contributed by atoms with E-state index in [1.807, 2.05) is 0 Å². The number of aliphatic hydroxyl groups excluding tert-OH is 1. The molecule has 0 bridgehead atoms. The van der Waals surface area contributed by atoms with Gasteiger partial charge in [-0.25, -0.2) is 0 Å². The van der Waals surface area contributed by atoms with Crippen LogP contribution in [0.1, 0.15) is 12.8 Å². The first-order valence-corrected chi connectivity index (χ1v) is 4.48. The van der Waals surface area contributed by atoms with Crippen LogP contribution in [0.25, 0.3) is 0 Å². The largest absolute Gasteiger partial charge is 0.392 e. The Morgan fingerprint density at radius 3 is 2.73 bits per heavy atom. The lowest BCUT2D eigenvalue weighted by Gasteiger charge is -2.16. The molecule has 0 amide bonds. The molecule has 0 saturated carbocycles. The fourth-order valence-corrected chi connectivity index (χ4v) is 2.13. The third-order valence-corrected chi connectivity index (χ3v) is 2.81. The minimum absolute atomic E-state index is 0.0967. The smallest absolute Gasteiger partial charge is 0.0679 e. The monoisotopic (exact) mass is 156 g/mol. The van der Waals surface area contributed by atoms with Crippen molar-refractivity contribution >= 4 is 0 Å². The molecule has 64 valence electrons. The molecule has 3 N–H and O–H groups in total. The topological polar surface area (TPSA) is 44.3 Å². The normalized spacial score (nSPS) is 45.0. The van der Waals surface area contributed by atoms with E-state index in [0.717, 1.165) is 32.0 Å². The summed E-state index contributed by atoms with van der Waals surface area (Å²) in [7, 11) is 0. The summed E-state index contributed by atoms with van der Waals surface area (Å²) in [5.74, 6) is 0.757. The van der Waals surface area contributed by atoms with Crippen LogP contribution in [0.5, 0.6) is 0 Å². The van der Waals surface area contributed by atoms with Gasteiger partial charge in [0.1, 0.15) is 0 Å². The second-order valence-corrected chi connectivity index (χ2v) is 3.66. The molecule has 0 radical (unpaired) electrons. The van der Waals surface area contributed by atoms with Crippen LogP contribution in [0, 0.1) is 5.92 Å². The molecule has 2 fully saturated rings. The van der Waals surface area contributed by atoms with Crippen LogP contribution in [-0.2, 0) is 0 Å².